The SMILES string of the molecule is COc1ccc([C@H]2S[C@H](CC(=O)N[C@@H](C)C(=O)OC(C)(C)C)C(=O)N(CC(C)(C)C)c3ccc(Cl)cc32)c(OC)c1. The van der Waals surface area contributed by atoms with Gasteiger partial charge in [0.05, 0.1) is 24.7 Å². The molecule has 2 aromatic carbocycles. The number of carbonyl (C=O) groups excluding carboxylic acids is 3. The summed E-state index contributed by atoms with van der Waals surface area (Å²) >= 11 is 7.87. The molecule has 1 heterocycles. The zero-order valence-corrected chi connectivity index (χ0v) is 26.9. The minimum Gasteiger partial charge on any atom is -0.497 e. The number of ether oxygens (including phenoxy) is 3. The van der Waals surface area contributed by atoms with Crippen LogP contribution in [0.1, 0.15) is 71.3 Å². The molecule has 3 rings (SSSR count). The maximum Gasteiger partial charge on any atom is 0.328 e. The Hall–Kier alpha value is -2.91. The van der Waals surface area contributed by atoms with Gasteiger partial charge in [0.2, 0.25) is 11.8 Å². The van der Waals surface area contributed by atoms with Crippen LogP contribution in [0.4, 0.5) is 5.69 Å². The van der Waals surface area contributed by atoms with E-state index in [2.05, 4.69) is 26.1 Å². The lowest BCUT2D eigenvalue weighted by molar-refractivity contribution is -0.158. The number of amides is 2. The molecule has 1 aliphatic rings. The van der Waals surface area contributed by atoms with E-state index in [9.17, 15) is 14.4 Å². The second-order valence-electron chi connectivity index (χ2n) is 12.3. The van der Waals surface area contributed by atoms with Crippen molar-refractivity contribution in [3.8, 4) is 11.5 Å². The number of halogens is 1. The van der Waals surface area contributed by atoms with Gasteiger partial charge in [-0.2, -0.15) is 0 Å². The van der Waals surface area contributed by atoms with Gasteiger partial charge >= 0.3 is 5.97 Å². The largest absolute Gasteiger partial charge is 0.497 e. The van der Waals surface area contributed by atoms with Crippen molar-refractivity contribution < 1.29 is 28.6 Å². The summed E-state index contributed by atoms with van der Waals surface area (Å²) in [7, 11) is 3.17. The van der Waals surface area contributed by atoms with Gasteiger partial charge in [-0.3, -0.25) is 9.59 Å². The van der Waals surface area contributed by atoms with Gasteiger partial charge in [0, 0.05) is 35.3 Å². The highest BCUT2D eigenvalue weighted by Gasteiger charge is 2.40. The number of benzene rings is 2. The molecule has 1 N–H and O–H groups in total. The number of hydrogen-bond donors (Lipinski definition) is 1. The maximum absolute atomic E-state index is 14.2. The number of nitrogens with zero attached hydrogens (tertiary/aromatic N) is 1. The molecule has 0 aliphatic carbocycles. The Bertz CT molecular complexity index is 1290. The van der Waals surface area contributed by atoms with Crippen molar-refractivity contribution in [3.05, 3.63) is 52.5 Å². The van der Waals surface area contributed by atoms with Crippen molar-refractivity contribution in [1.29, 1.82) is 0 Å². The number of esters is 1. The average molecular weight is 605 g/mol. The van der Waals surface area contributed by atoms with Crippen molar-refractivity contribution >= 4 is 46.8 Å². The van der Waals surface area contributed by atoms with E-state index in [0.29, 0.717) is 23.1 Å². The van der Waals surface area contributed by atoms with Crippen LogP contribution in [0.2, 0.25) is 5.02 Å². The Morgan fingerprint density at radius 3 is 2.29 bits per heavy atom. The van der Waals surface area contributed by atoms with Crippen molar-refractivity contribution in [2.24, 2.45) is 5.41 Å². The summed E-state index contributed by atoms with van der Waals surface area (Å²) in [4.78, 5) is 41.7. The molecule has 3 atom stereocenters. The fraction of sp³-hybridized carbons (Fsp3) is 0.516. The van der Waals surface area contributed by atoms with Crippen LogP contribution in [0.3, 0.4) is 0 Å². The second-order valence-corrected chi connectivity index (χ2v) is 14.1. The van der Waals surface area contributed by atoms with Crippen molar-refractivity contribution in [2.75, 3.05) is 25.7 Å². The predicted molar refractivity (Wildman–Crippen MR) is 164 cm³/mol. The number of thioether (sulfide) groups is 1. The third-order valence-corrected chi connectivity index (χ3v) is 7.98. The van der Waals surface area contributed by atoms with E-state index in [1.54, 1.807) is 58.9 Å². The minimum absolute atomic E-state index is 0.131. The Kier molecular flexibility index (Phi) is 10.3. The van der Waals surface area contributed by atoms with Crippen molar-refractivity contribution in [1.82, 2.24) is 5.32 Å². The average Bonchev–Trinajstić information content (AvgIpc) is 2.96. The standard InChI is InChI=1S/C31H41ClN2O6S/c1-18(29(37)40-31(5,6)7)33-26(35)16-25-28(36)34(17-30(2,3)4)23-13-10-19(32)14-22(23)27(41-25)21-12-11-20(38-8)15-24(21)39-9/h10-15,18,25,27H,16-17H2,1-9H3,(H,33,35)/t18-,25+,27+/m0/s1. The fourth-order valence-electron chi connectivity index (χ4n) is 4.54. The zero-order valence-electron chi connectivity index (χ0n) is 25.3. The van der Waals surface area contributed by atoms with Crippen LogP contribution >= 0.6 is 23.4 Å². The highest BCUT2D eigenvalue weighted by Crippen LogP contribution is 2.50. The van der Waals surface area contributed by atoms with Gasteiger partial charge in [-0.1, -0.05) is 38.4 Å². The number of carbonyl (C=O) groups is 3. The number of methoxy groups -OCH3 is 2. The van der Waals surface area contributed by atoms with Crippen LogP contribution in [-0.4, -0.2) is 55.4 Å². The van der Waals surface area contributed by atoms with Crippen LogP contribution in [0.15, 0.2) is 36.4 Å². The molecule has 0 saturated heterocycles. The number of fused-ring (bicyclic) bond motifs is 1. The minimum atomic E-state index is -0.869. The summed E-state index contributed by atoms with van der Waals surface area (Å²) in [6.45, 7) is 13.5. The van der Waals surface area contributed by atoms with Gasteiger partial charge in [0.15, 0.2) is 0 Å². The van der Waals surface area contributed by atoms with E-state index < -0.39 is 28.8 Å². The number of rotatable bonds is 8. The number of anilines is 1. The van der Waals surface area contributed by atoms with Gasteiger partial charge in [-0.15, -0.1) is 11.8 Å². The Morgan fingerprint density at radius 1 is 1.02 bits per heavy atom. The Balaban J connectivity index is 2.06. The molecule has 224 valence electrons. The van der Waals surface area contributed by atoms with E-state index in [1.165, 1.54) is 11.8 Å². The molecule has 0 fully saturated rings. The van der Waals surface area contributed by atoms with Crippen LogP contribution in [0.25, 0.3) is 0 Å². The number of hydrogen-bond acceptors (Lipinski definition) is 7. The second kappa shape index (κ2) is 12.9. The molecule has 2 aromatic rings. The normalized spacial score (nSPS) is 18.2. The van der Waals surface area contributed by atoms with Gasteiger partial charge in [-0.25, -0.2) is 4.79 Å². The molecule has 0 saturated carbocycles. The molecule has 8 nitrogen and oxygen atoms in total. The monoisotopic (exact) mass is 604 g/mol. The molecule has 0 unspecified atom stereocenters. The number of nitrogens with one attached hydrogen (secondary N) is 1. The molecular formula is C31H41ClN2O6S. The molecule has 0 spiro atoms. The van der Waals surface area contributed by atoms with Crippen LogP contribution in [0.5, 0.6) is 11.5 Å². The molecule has 2 amide bonds. The highest BCUT2D eigenvalue weighted by atomic mass is 35.5. The molecular weight excluding hydrogens is 564 g/mol. The van der Waals surface area contributed by atoms with Crippen LogP contribution < -0.4 is 19.7 Å². The van der Waals surface area contributed by atoms with Gasteiger partial charge in [-0.05, 0) is 62.9 Å². The molecule has 10 heteroatoms. The molecule has 1 aliphatic heterocycles. The first-order valence-corrected chi connectivity index (χ1v) is 14.9. The van der Waals surface area contributed by atoms with E-state index in [1.807, 2.05) is 24.3 Å². The van der Waals surface area contributed by atoms with E-state index >= 15 is 0 Å². The Morgan fingerprint density at radius 2 is 1.71 bits per heavy atom. The topological polar surface area (TPSA) is 94.2 Å². The van der Waals surface area contributed by atoms with Crippen LogP contribution in [-0.2, 0) is 19.1 Å². The first-order valence-electron chi connectivity index (χ1n) is 13.5. The lowest BCUT2D eigenvalue weighted by Gasteiger charge is -2.32. The summed E-state index contributed by atoms with van der Waals surface area (Å²) in [5.41, 5.74) is 1.48. The lowest BCUT2D eigenvalue weighted by atomic mass is 9.94. The third kappa shape index (κ3) is 8.55. The first kappa shape index (κ1) is 32.6. The van der Waals surface area contributed by atoms with E-state index in [0.717, 1.165) is 16.8 Å². The highest BCUT2D eigenvalue weighted by molar-refractivity contribution is 8.01. The van der Waals surface area contributed by atoms with E-state index in [-0.39, 0.29) is 23.0 Å². The Labute approximate surface area is 252 Å². The summed E-state index contributed by atoms with van der Waals surface area (Å²) in [5.74, 6) is 0.0696. The lowest BCUT2D eigenvalue weighted by Crippen LogP contribution is -2.46. The quantitative estimate of drug-likeness (QED) is 0.360. The van der Waals surface area contributed by atoms with Crippen molar-refractivity contribution in [3.63, 3.8) is 0 Å². The maximum atomic E-state index is 14.2. The first-order chi connectivity index (χ1) is 19.0. The molecule has 41 heavy (non-hydrogen) atoms. The molecule has 0 bridgehead atoms. The van der Waals surface area contributed by atoms with Crippen LogP contribution in [0, 0.1) is 5.41 Å². The summed E-state index contributed by atoms with van der Waals surface area (Å²) in [6.07, 6.45) is -0.131. The fourth-order valence-corrected chi connectivity index (χ4v) is 6.21. The zero-order chi connectivity index (χ0) is 30.7. The van der Waals surface area contributed by atoms with Gasteiger partial charge in [0.1, 0.15) is 23.1 Å². The smallest absolute Gasteiger partial charge is 0.328 e. The summed E-state index contributed by atoms with van der Waals surface area (Å²) in [5, 5.41) is 2.10. The van der Waals surface area contributed by atoms with Crippen molar-refractivity contribution in [2.45, 2.75) is 77.0 Å². The van der Waals surface area contributed by atoms with Gasteiger partial charge < -0.3 is 24.4 Å². The predicted octanol–water partition coefficient (Wildman–Crippen LogP) is 6.18. The van der Waals surface area contributed by atoms with E-state index in [4.69, 9.17) is 25.8 Å². The summed E-state index contributed by atoms with van der Waals surface area (Å²) in [6, 6.07) is 10.2. The summed E-state index contributed by atoms with van der Waals surface area (Å²) < 4.78 is 16.5. The van der Waals surface area contributed by atoms with Gasteiger partial charge in [0.25, 0.3) is 0 Å². The molecule has 0 radical (unpaired) electrons. The molecule has 0 aromatic heterocycles. The third-order valence-electron chi connectivity index (χ3n) is 6.27.